The van der Waals surface area contributed by atoms with Gasteiger partial charge in [0.1, 0.15) is 35.7 Å². The third kappa shape index (κ3) is 14.2. The maximum Gasteiger partial charge on any atom is 0.335 e. The third-order valence-electron chi connectivity index (χ3n) is 12.4. The van der Waals surface area contributed by atoms with Crippen molar-refractivity contribution in [3.05, 3.63) is 88.2 Å². The van der Waals surface area contributed by atoms with E-state index in [2.05, 4.69) is 26.3 Å². The third-order valence-corrected chi connectivity index (χ3v) is 12.7. The lowest BCUT2D eigenvalue weighted by molar-refractivity contribution is -0.198. The maximum absolute atomic E-state index is 14.2. The Morgan fingerprint density at radius 3 is 2.33 bits per heavy atom. The molecule has 5 amide bonds. The molecule has 3 aliphatic heterocycles. The highest BCUT2D eigenvalue weighted by molar-refractivity contribution is 6.32. The van der Waals surface area contributed by atoms with Crippen molar-refractivity contribution in [2.24, 2.45) is 16.7 Å². The van der Waals surface area contributed by atoms with Gasteiger partial charge >= 0.3 is 11.9 Å². The van der Waals surface area contributed by atoms with Crippen LogP contribution >= 0.6 is 11.6 Å². The second kappa shape index (κ2) is 22.5. The SMILES string of the molecule is COc1ccc(C[C@H]2NC(=O)C=CC[C@@H]([C@H](C)[C@H]3O[C@@H]3c3ccc(Cn4cc(COCCC(=O)ON5C(=O)CCC5=O)nn4)cc3)OC(=O)[C@H](CC(C)(C)C)NC(=O)C(C)(C)[C@H](C)NC2=O)cc1Cl. The number of hydrogen-bond donors (Lipinski definition) is 3. The number of benzene rings is 2. The van der Waals surface area contributed by atoms with Crippen molar-refractivity contribution in [2.45, 2.75) is 137 Å². The van der Waals surface area contributed by atoms with Crippen LogP contribution in [0.1, 0.15) is 109 Å². The number of esters is 1. The van der Waals surface area contributed by atoms with E-state index in [4.69, 9.17) is 35.4 Å². The summed E-state index contributed by atoms with van der Waals surface area (Å²) in [7, 11) is 1.50. The van der Waals surface area contributed by atoms with E-state index in [0.29, 0.717) is 33.6 Å². The normalized spacial score (nSPS) is 24.0. The van der Waals surface area contributed by atoms with Crippen LogP contribution in [0.2, 0.25) is 5.02 Å². The Morgan fingerprint density at radius 1 is 0.971 bits per heavy atom. The molecule has 2 aromatic carbocycles. The summed E-state index contributed by atoms with van der Waals surface area (Å²) in [6, 6.07) is 10.1. The number of imide groups is 1. The van der Waals surface area contributed by atoms with Crippen molar-refractivity contribution in [3.63, 3.8) is 0 Å². The summed E-state index contributed by atoms with van der Waals surface area (Å²) in [6.07, 6.45) is 3.60. The summed E-state index contributed by atoms with van der Waals surface area (Å²) in [5.41, 5.74) is 1.46. The minimum Gasteiger partial charge on any atom is -0.495 e. The first-order chi connectivity index (χ1) is 32.6. The predicted molar refractivity (Wildman–Crippen MR) is 248 cm³/mol. The van der Waals surface area contributed by atoms with E-state index < -0.39 is 71.1 Å². The zero-order chi connectivity index (χ0) is 50.2. The number of carbonyl (C=O) groups excluding carboxylic acids is 7. The number of nitrogens with one attached hydrogen (secondary N) is 3. The molecule has 372 valence electrons. The summed E-state index contributed by atoms with van der Waals surface area (Å²) in [4.78, 5) is 95.8. The van der Waals surface area contributed by atoms with Gasteiger partial charge in [-0.05, 0) is 67.5 Å². The van der Waals surface area contributed by atoms with Gasteiger partial charge in [-0.3, -0.25) is 24.0 Å². The molecule has 20 heteroatoms. The van der Waals surface area contributed by atoms with Crippen molar-refractivity contribution in [1.82, 2.24) is 36.0 Å². The number of hydrogen-bond acceptors (Lipinski definition) is 14. The van der Waals surface area contributed by atoms with Gasteiger partial charge in [-0.2, -0.15) is 0 Å². The lowest BCUT2D eigenvalue weighted by atomic mass is 9.82. The van der Waals surface area contributed by atoms with Gasteiger partial charge in [-0.15, -0.1) is 10.2 Å². The summed E-state index contributed by atoms with van der Waals surface area (Å²) in [5, 5.41) is 17.8. The molecule has 0 unspecified atom stereocenters. The highest BCUT2D eigenvalue weighted by atomic mass is 35.5. The van der Waals surface area contributed by atoms with E-state index >= 15 is 0 Å². The molecule has 0 bridgehead atoms. The van der Waals surface area contributed by atoms with E-state index in [1.807, 2.05) is 52.0 Å². The van der Waals surface area contributed by atoms with Gasteiger partial charge in [0, 0.05) is 37.6 Å². The Labute approximate surface area is 406 Å². The van der Waals surface area contributed by atoms with Crippen LogP contribution in [-0.2, 0) is 72.2 Å². The van der Waals surface area contributed by atoms with Crippen LogP contribution in [0.25, 0.3) is 0 Å². The number of methoxy groups -OCH3 is 1. The highest BCUT2D eigenvalue weighted by Crippen LogP contribution is 2.45. The molecular formula is C49H62ClN7O12. The number of nitrogens with zero attached hydrogens (tertiary/aromatic N) is 4. The molecule has 69 heavy (non-hydrogen) atoms. The molecule has 3 N–H and O–H groups in total. The van der Waals surface area contributed by atoms with Crippen molar-refractivity contribution < 1.29 is 57.3 Å². The zero-order valence-electron chi connectivity index (χ0n) is 40.2. The summed E-state index contributed by atoms with van der Waals surface area (Å²) >= 11 is 6.40. The molecule has 7 atom stereocenters. The van der Waals surface area contributed by atoms with Gasteiger partial charge in [0.15, 0.2) is 0 Å². The van der Waals surface area contributed by atoms with Gasteiger partial charge in [0.25, 0.3) is 11.8 Å². The quantitative estimate of drug-likeness (QED) is 0.0815. The summed E-state index contributed by atoms with van der Waals surface area (Å²) in [6.45, 7) is 13.3. The lowest BCUT2D eigenvalue weighted by Crippen LogP contribution is -2.58. The standard InChI is InChI=1S/C49H62ClN7O12/c1-28(43-44(68-43)32-15-12-30(13-16-32)25-56-26-33(54-55-56)27-66-21-20-42(61)69-57-40(59)18-19-41(57)60)37-10-9-11-39(58)52-35(23-31-14-17-38(65-8)34(50)22-31)45(62)51-29(2)49(6,7)47(64)53-36(46(63)67-37)24-48(3,4)5/h9,11-17,22,26,28-29,35-37,43-44H,10,18-21,23-25,27H2,1-8H3,(H,51,62)(H,52,58)(H,53,64)/t28-,29-,35+,36-,37-,43+,44+/m0/s1. The van der Waals surface area contributed by atoms with E-state index in [1.54, 1.807) is 55.9 Å². The number of rotatable bonds is 15. The Balaban J connectivity index is 1.11. The Bertz CT molecular complexity index is 2400. The molecule has 0 spiro atoms. The number of ether oxygens (including phenoxy) is 4. The smallest absolute Gasteiger partial charge is 0.335 e. The van der Waals surface area contributed by atoms with Gasteiger partial charge in [-0.25, -0.2) is 14.3 Å². The van der Waals surface area contributed by atoms with Crippen molar-refractivity contribution in [2.75, 3.05) is 13.7 Å². The van der Waals surface area contributed by atoms with Gasteiger partial charge in [0.05, 0.1) is 56.0 Å². The average Bonchev–Trinajstić information content (AvgIpc) is 3.87. The molecule has 19 nitrogen and oxygen atoms in total. The van der Waals surface area contributed by atoms with Gasteiger partial charge in [-0.1, -0.05) is 80.9 Å². The lowest BCUT2D eigenvalue weighted by Gasteiger charge is -2.35. The topological polar surface area (TPSA) is 239 Å². The molecular weight excluding hydrogens is 914 g/mol. The molecule has 4 heterocycles. The van der Waals surface area contributed by atoms with Crippen LogP contribution in [0.15, 0.2) is 60.8 Å². The minimum atomic E-state index is -1.20. The monoisotopic (exact) mass is 975 g/mol. The molecule has 1 aromatic heterocycles. The van der Waals surface area contributed by atoms with Crippen LogP contribution in [0.5, 0.6) is 5.75 Å². The van der Waals surface area contributed by atoms with E-state index in [0.717, 1.165) is 11.1 Å². The molecule has 0 aliphatic carbocycles. The fourth-order valence-corrected chi connectivity index (χ4v) is 8.16. The van der Waals surface area contributed by atoms with Crippen LogP contribution in [0, 0.1) is 16.7 Å². The number of cyclic esters (lactones) is 1. The number of halogens is 1. The molecule has 3 aromatic rings. The van der Waals surface area contributed by atoms with E-state index in [-0.39, 0.29) is 75.3 Å². The zero-order valence-corrected chi connectivity index (χ0v) is 41.0. The van der Waals surface area contributed by atoms with Crippen molar-refractivity contribution in [3.8, 4) is 5.75 Å². The average molecular weight is 977 g/mol. The molecule has 2 fully saturated rings. The van der Waals surface area contributed by atoms with Crippen LogP contribution in [-0.4, -0.2) is 106 Å². The molecule has 0 radical (unpaired) electrons. The second-order valence-electron chi connectivity index (χ2n) is 19.5. The van der Waals surface area contributed by atoms with Crippen LogP contribution < -0.4 is 20.7 Å². The first-order valence-corrected chi connectivity index (χ1v) is 23.4. The summed E-state index contributed by atoms with van der Waals surface area (Å²) < 4.78 is 24.9. The fourth-order valence-electron chi connectivity index (χ4n) is 7.88. The first kappa shape index (κ1) is 52.2. The van der Waals surface area contributed by atoms with Crippen LogP contribution in [0.3, 0.4) is 0 Å². The first-order valence-electron chi connectivity index (χ1n) is 23.0. The van der Waals surface area contributed by atoms with Crippen LogP contribution in [0.4, 0.5) is 0 Å². The Kier molecular flexibility index (Phi) is 17.0. The molecule has 3 aliphatic rings. The summed E-state index contributed by atoms with van der Waals surface area (Å²) in [5.74, 6) is -3.88. The molecule has 0 saturated carbocycles. The number of aromatic nitrogens is 3. The minimum absolute atomic E-state index is 0.0119. The maximum atomic E-state index is 14.2. The van der Waals surface area contributed by atoms with Crippen molar-refractivity contribution in [1.29, 1.82) is 0 Å². The number of epoxide rings is 1. The Morgan fingerprint density at radius 2 is 1.67 bits per heavy atom. The highest BCUT2D eigenvalue weighted by Gasteiger charge is 2.48. The van der Waals surface area contributed by atoms with Crippen molar-refractivity contribution >= 4 is 53.1 Å². The largest absolute Gasteiger partial charge is 0.495 e. The number of hydroxylamine groups is 2. The number of amides is 5. The van der Waals surface area contributed by atoms with E-state index in [9.17, 15) is 33.6 Å². The molecule has 2 saturated heterocycles. The van der Waals surface area contributed by atoms with E-state index in [1.165, 1.54) is 13.2 Å². The molecule has 6 rings (SSSR count). The number of carbonyl (C=O) groups is 7. The fraction of sp³-hybridized carbons (Fsp3) is 0.531. The Hall–Kier alpha value is -6.18. The predicted octanol–water partition coefficient (Wildman–Crippen LogP) is 4.63. The van der Waals surface area contributed by atoms with Gasteiger partial charge in [0.2, 0.25) is 17.7 Å². The van der Waals surface area contributed by atoms with Gasteiger partial charge < -0.3 is 39.7 Å². The second-order valence-corrected chi connectivity index (χ2v) is 19.9.